The number of halogens is 10. The van der Waals surface area contributed by atoms with Gasteiger partial charge in [-0.05, 0) is 75.4 Å². The van der Waals surface area contributed by atoms with E-state index >= 15 is 8.78 Å². The second kappa shape index (κ2) is 38.8. The van der Waals surface area contributed by atoms with Gasteiger partial charge in [-0.25, -0.2) is 52.0 Å². The highest BCUT2D eigenvalue weighted by Gasteiger charge is 2.75. The van der Waals surface area contributed by atoms with Crippen LogP contribution in [0.25, 0.3) is 0 Å². The van der Waals surface area contributed by atoms with Crippen LogP contribution in [0.3, 0.4) is 0 Å². The summed E-state index contributed by atoms with van der Waals surface area (Å²) in [6.07, 6.45) is -9.74. The summed E-state index contributed by atoms with van der Waals surface area (Å²) in [6, 6.07) is 0. The van der Waals surface area contributed by atoms with Crippen molar-refractivity contribution < 1.29 is 96.2 Å². The number of thioether (sulfide) groups is 2. The molecule has 31 heteroatoms. The van der Waals surface area contributed by atoms with Crippen molar-refractivity contribution in [3.05, 3.63) is 55.8 Å². The third-order valence-electron chi connectivity index (χ3n) is 10.2. The fraction of sp³-hybridized carbons (Fsp3) is 0.771. The molecular formula is C48H77F10N5O14S2. The van der Waals surface area contributed by atoms with E-state index in [2.05, 4.69) is 28.5 Å². The van der Waals surface area contributed by atoms with Crippen LogP contribution in [0.5, 0.6) is 0 Å². The highest BCUT2D eigenvalue weighted by atomic mass is 32.2. The summed E-state index contributed by atoms with van der Waals surface area (Å²) in [6.45, 7) is 6.38. The minimum absolute atomic E-state index is 0. The van der Waals surface area contributed by atoms with Crippen molar-refractivity contribution >= 4 is 47.6 Å². The molecule has 0 fully saturated rings. The zero-order valence-electron chi connectivity index (χ0n) is 43.2. The first-order chi connectivity index (χ1) is 36.0. The van der Waals surface area contributed by atoms with Gasteiger partial charge in [-0.2, -0.15) is 67.4 Å². The molecule has 0 unspecified atom stereocenters. The SMILES string of the molecule is C.C.C=C(C)C(=O)OCCOCCNC(=O)OCCCCCCSCCCn1c(=O)n(CCCSCCCCCCOC(=O)NCCOCCOC(=O)C(=C)C)c(=O)n(CC(F)(F)C(F)(F)OC(F)(F)C(F)(F)C(C)(F)F)c1=O. The third kappa shape index (κ3) is 29.0. The van der Waals surface area contributed by atoms with Crippen molar-refractivity contribution in [1.82, 2.24) is 24.3 Å². The molecule has 0 radical (unpaired) electrons. The van der Waals surface area contributed by atoms with Crippen molar-refractivity contribution in [2.75, 3.05) is 89.0 Å². The van der Waals surface area contributed by atoms with Gasteiger partial charge in [-0.3, -0.25) is 0 Å². The first-order valence-corrected chi connectivity index (χ1v) is 26.6. The maximum Gasteiger partial charge on any atom is 0.430 e. The summed E-state index contributed by atoms with van der Waals surface area (Å²) in [4.78, 5) is 86.3. The van der Waals surface area contributed by atoms with Gasteiger partial charge in [0.05, 0.1) is 39.6 Å². The summed E-state index contributed by atoms with van der Waals surface area (Å²) in [5.41, 5.74) is -4.57. The van der Waals surface area contributed by atoms with Gasteiger partial charge < -0.3 is 39.1 Å². The van der Waals surface area contributed by atoms with Crippen LogP contribution in [-0.2, 0) is 62.4 Å². The van der Waals surface area contributed by atoms with Crippen LogP contribution in [0, 0.1) is 0 Å². The molecule has 1 aromatic heterocycles. The fourth-order valence-corrected chi connectivity index (χ4v) is 7.83. The van der Waals surface area contributed by atoms with Crippen LogP contribution in [-0.4, -0.2) is 157 Å². The lowest BCUT2D eigenvalue weighted by atomic mass is 10.2. The first-order valence-electron chi connectivity index (χ1n) is 24.3. The van der Waals surface area contributed by atoms with Gasteiger partial charge in [0.25, 0.3) is 0 Å². The Bertz CT molecular complexity index is 2090. The zero-order valence-corrected chi connectivity index (χ0v) is 44.8. The van der Waals surface area contributed by atoms with E-state index in [0.29, 0.717) is 62.9 Å². The number of esters is 2. The molecule has 19 nitrogen and oxygen atoms in total. The Morgan fingerprint density at radius 3 is 1.24 bits per heavy atom. The average molecular weight is 1200 g/mol. The molecule has 1 heterocycles. The van der Waals surface area contributed by atoms with E-state index in [1.54, 1.807) is 0 Å². The monoisotopic (exact) mass is 1200 g/mol. The Morgan fingerprint density at radius 2 is 0.861 bits per heavy atom. The summed E-state index contributed by atoms with van der Waals surface area (Å²) in [5, 5.41) is 5.00. The molecule has 0 bridgehead atoms. The molecule has 0 spiro atoms. The molecule has 0 aliphatic carbocycles. The van der Waals surface area contributed by atoms with E-state index in [9.17, 15) is 68.7 Å². The molecule has 0 saturated carbocycles. The first kappa shape index (κ1) is 76.3. The number of hydrogen-bond acceptors (Lipinski definition) is 16. The number of aromatic nitrogens is 3. The number of amides is 2. The quantitative estimate of drug-likeness (QED) is 0.0205. The van der Waals surface area contributed by atoms with Crippen LogP contribution in [0.2, 0.25) is 0 Å². The highest BCUT2D eigenvalue weighted by Crippen LogP contribution is 2.50. The van der Waals surface area contributed by atoms with Crippen LogP contribution in [0.1, 0.15) is 99.8 Å². The topological polar surface area (TPSA) is 223 Å². The van der Waals surface area contributed by atoms with Gasteiger partial charge in [-0.1, -0.05) is 53.7 Å². The van der Waals surface area contributed by atoms with Crippen LogP contribution in [0.4, 0.5) is 53.5 Å². The molecule has 2 amide bonds. The third-order valence-corrected chi connectivity index (χ3v) is 12.5. The molecule has 1 aromatic rings. The Labute approximate surface area is 461 Å². The molecule has 2 N–H and O–H groups in total. The number of rotatable bonds is 43. The lowest BCUT2D eigenvalue weighted by Crippen LogP contribution is -2.61. The normalized spacial score (nSPS) is 12.0. The number of carbonyl (C=O) groups excluding carboxylic acids is 4. The molecule has 460 valence electrons. The van der Waals surface area contributed by atoms with Crippen molar-refractivity contribution in [2.24, 2.45) is 0 Å². The molecule has 0 aliphatic rings. The Kier molecular flexibility index (Phi) is 37.5. The maximum atomic E-state index is 15.1. The van der Waals surface area contributed by atoms with E-state index in [-0.39, 0.29) is 125 Å². The standard InChI is InChI=1S/C46H69F10N5O14S2.2CH4/c1-33(2)35(62)71-26-24-69-22-16-57-37(64)73-20-10-6-8-12-28-76-30-14-18-59-39(66)60(41(68)61(40(59)67)32-43(49,50)45(53,54)75-46(55,56)44(51,52)42(5,47)48)19-15-31-77-29-13-9-7-11-21-74-38(65)58-17-23-70-25-27-72-36(63)34(3)4;;/h1,3,6-32H2,2,4-5H3,(H,57,64)(H,58,65);2*1H4. The van der Waals surface area contributed by atoms with E-state index in [1.165, 1.54) is 37.4 Å². The lowest BCUT2D eigenvalue weighted by Gasteiger charge is -2.34. The zero-order chi connectivity index (χ0) is 58.3. The van der Waals surface area contributed by atoms with Crippen molar-refractivity contribution in [3.63, 3.8) is 0 Å². The van der Waals surface area contributed by atoms with Crippen molar-refractivity contribution in [3.8, 4) is 0 Å². The lowest BCUT2D eigenvalue weighted by molar-refractivity contribution is -0.485. The molecule has 0 atom stereocenters. The minimum atomic E-state index is -6.90. The summed E-state index contributed by atoms with van der Waals surface area (Å²) >= 11 is 2.70. The van der Waals surface area contributed by atoms with Gasteiger partial charge in [0.2, 0.25) is 0 Å². The van der Waals surface area contributed by atoms with E-state index in [0.717, 1.165) is 0 Å². The van der Waals surface area contributed by atoms with Gasteiger partial charge in [0.1, 0.15) is 19.8 Å². The summed E-state index contributed by atoms with van der Waals surface area (Å²) in [7, 11) is 0. The van der Waals surface area contributed by atoms with Gasteiger partial charge in [0.15, 0.2) is 0 Å². The number of nitrogens with one attached hydrogen (secondary N) is 2. The number of ether oxygens (including phenoxy) is 7. The Hall–Kier alpha value is -4.75. The molecule has 0 saturated heterocycles. The fourth-order valence-electron chi connectivity index (χ4n) is 5.94. The van der Waals surface area contributed by atoms with Crippen LogP contribution >= 0.6 is 23.5 Å². The predicted octanol–water partition coefficient (Wildman–Crippen LogP) is 8.66. The maximum absolute atomic E-state index is 15.1. The van der Waals surface area contributed by atoms with Crippen LogP contribution < -0.4 is 27.7 Å². The van der Waals surface area contributed by atoms with Gasteiger partial charge in [-0.15, -0.1) is 0 Å². The Morgan fingerprint density at radius 1 is 0.494 bits per heavy atom. The number of hydrogen-bond donors (Lipinski definition) is 2. The largest absolute Gasteiger partial charge is 0.460 e. The molecule has 79 heavy (non-hydrogen) atoms. The highest BCUT2D eigenvalue weighted by molar-refractivity contribution is 7.99. The summed E-state index contributed by atoms with van der Waals surface area (Å²) in [5.74, 6) is -18.1. The second-order valence-corrected chi connectivity index (χ2v) is 19.4. The predicted molar refractivity (Wildman–Crippen MR) is 277 cm³/mol. The van der Waals surface area contributed by atoms with E-state index in [4.69, 9.17) is 28.4 Å². The minimum Gasteiger partial charge on any atom is -0.460 e. The number of unbranched alkanes of at least 4 members (excludes halogenated alkanes) is 6. The van der Waals surface area contributed by atoms with Crippen LogP contribution in [0.15, 0.2) is 38.7 Å². The van der Waals surface area contributed by atoms with E-state index < -0.39 is 102 Å². The number of nitrogens with zero attached hydrogens (tertiary/aromatic N) is 3. The van der Waals surface area contributed by atoms with Gasteiger partial charge in [0, 0.05) is 44.2 Å². The van der Waals surface area contributed by atoms with Crippen molar-refractivity contribution in [2.45, 2.75) is 149 Å². The Balaban J connectivity index is 0. The van der Waals surface area contributed by atoms with Gasteiger partial charge >= 0.3 is 71.2 Å². The van der Waals surface area contributed by atoms with Crippen molar-refractivity contribution in [1.29, 1.82) is 0 Å². The molecule has 0 aromatic carbocycles. The molecular weight excluding hydrogens is 1120 g/mol. The molecule has 1 rings (SSSR count). The smallest absolute Gasteiger partial charge is 0.430 e. The number of alkyl halides is 10. The second-order valence-electron chi connectivity index (χ2n) is 17.0. The molecule has 0 aliphatic heterocycles. The van der Waals surface area contributed by atoms with E-state index in [1.807, 2.05) is 0 Å². The average Bonchev–Trinajstić information content (AvgIpc) is 3.33. The summed E-state index contributed by atoms with van der Waals surface area (Å²) < 4.78 is 174. The number of alkyl carbamates (subject to hydrolysis) is 2. The number of carbonyl (C=O) groups is 4.